The van der Waals surface area contributed by atoms with Gasteiger partial charge in [-0.15, -0.1) is 0 Å². The third kappa shape index (κ3) is 3.39. The topological polar surface area (TPSA) is 88.5 Å². The van der Waals surface area contributed by atoms with Crippen LogP contribution in [0.15, 0.2) is 53.7 Å². The van der Waals surface area contributed by atoms with Gasteiger partial charge in [-0.25, -0.2) is 13.1 Å². The van der Waals surface area contributed by atoms with Crippen molar-refractivity contribution in [3.05, 3.63) is 48.8 Å². The lowest BCUT2D eigenvalue weighted by atomic mass is 10.3. The predicted molar refractivity (Wildman–Crippen MR) is 87.8 cm³/mol. The molecule has 1 N–H and O–H groups in total. The second-order valence-corrected chi connectivity index (χ2v) is 7.20. The van der Waals surface area contributed by atoms with E-state index in [1.807, 2.05) is 29.1 Å². The zero-order chi connectivity index (χ0) is 17.2. The van der Waals surface area contributed by atoms with Gasteiger partial charge in [0.15, 0.2) is 0 Å². The van der Waals surface area contributed by atoms with Gasteiger partial charge in [-0.3, -0.25) is 14.5 Å². The van der Waals surface area contributed by atoms with E-state index >= 15 is 0 Å². The molecule has 1 saturated heterocycles. The number of sulfonamides is 1. The molecule has 1 fully saturated rings. The van der Waals surface area contributed by atoms with Crippen molar-refractivity contribution in [1.29, 1.82) is 0 Å². The Balaban J connectivity index is 1.67. The molecular weight excluding hydrogens is 330 g/mol. The predicted octanol–water partition coefficient (Wildman–Crippen LogP) is 1.12. The summed E-state index contributed by atoms with van der Waals surface area (Å²) in [5, 5.41) is 0. The molecule has 7 nitrogen and oxygen atoms in total. The molecule has 3 rings (SSSR count). The molecule has 0 spiro atoms. The maximum Gasteiger partial charge on any atom is 0.240 e. The van der Waals surface area contributed by atoms with E-state index in [9.17, 15) is 18.0 Å². The van der Waals surface area contributed by atoms with Crippen LogP contribution in [0.1, 0.15) is 12.8 Å². The molecule has 0 aliphatic carbocycles. The third-order valence-electron chi connectivity index (χ3n) is 3.79. The largest absolute Gasteiger partial charge is 0.353 e. The minimum Gasteiger partial charge on any atom is -0.353 e. The van der Waals surface area contributed by atoms with Crippen LogP contribution in [0.4, 0.5) is 5.69 Å². The summed E-state index contributed by atoms with van der Waals surface area (Å²) in [4.78, 5) is 24.6. The van der Waals surface area contributed by atoms with Gasteiger partial charge in [0.1, 0.15) is 0 Å². The highest BCUT2D eigenvalue weighted by atomic mass is 32.2. The smallest absolute Gasteiger partial charge is 0.240 e. The van der Waals surface area contributed by atoms with E-state index in [1.165, 1.54) is 24.3 Å². The molecule has 0 atom stereocenters. The average Bonchev–Trinajstić information content (AvgIpc) is 3.18. The van der Waals surface area contributed by atoms with E-state index in [4.69, 9.17) is 0 Å². The zero-order valence-electron chi connectivity index (χ0n) is 12.9. The third-order valence-corrected chi connectivity index (χ3v) is 5.26. The summed E-state index contributed by atoms with van der Waals surface area (Å²) in [6.45, 7) is 0.795. The molecule has 1 aromatic carbocycles. The van der Waals surface area contributed by atoms with Crippen molar-refractivity contribution >= 4 is 27.5 Å². The number of nitrogens with zero attached hydrogens (tertiary/aromatic N) is 2. The van der Waals surface area contributed by atoms with Crippen LogP contribution in [0.2, 0.25) is 0 Å². The van der Waals surface area contributed by atoms with E-state index in [-0.39, 0.29) is 36.1 Å². The van der Waals surface area contributed by atoms with Crippen molar-refractivity contribution in [2.75, 3.05) is 11.4 Å². The molecule has 1 aliphatic heterocycles. The minimum absolute atomic E-state index is 0.0952. The van der Waals surface area contributed by atoms with Gasteiger partial charge in [-0.2, -0.15) is 0 Å². The highest BCUT2D eigenvalue weighted by Gasteiger charge is 2.30. The SMILES string of the molecule is O=C1CCC(=O)N1c1ccc(S(=O)(=O)NCCn2cccc2)cc1. The van der Waals surface area contributed by atoms with Crippen LogP contribution in [-0.4, -0.2) is 31.3 Å². The summed E-state index contributed by atoms with van der Waals surface area (Å²) in [5.41, 5.74) is 0.397. The lowest BCUT2D eigenvalue weighted by molar-refractivity contribution is -0.121. The number of imide groups is 1. The highest BCUT2D eigenvalue weighted by Crippen LogP contribution is 2.23. The van der Waals surface area contributed by atoms with Crippen LogP contribution in [0, 0.1) is 0 Å². The van der Waals surface area contributed by atoms with Crippen LogP contribution in [0.3, 0.4) is 0 Å². The second kappa shape index (κ2) is 6.58. The Labute approximate surface area is 139 Å². The van der Waals surface area contributed by atoms with Crippen LogP contribution in [0.5, 0.6) is 0 Å². The van der Waals surface area contributed by atoms with Crippen molar-refractivity contribution in [3.8, 4) is 0 Å². The van der Waals surface area contributed by atoms with Crippen LogP contribution < -0.4 is 9.62 Å². The molecule has 2 heterocycles. The quantitative estimate of drug-likeness (QED) is 0.793. The van der Waals surface area contributed by atoms with Crippen LogP contribution in [-0.2, 0) is 26.2 Å². The number of carbonyl (C=O) groups excluding carboxylic acids is 2. The van der Waals surface area contributed by atoms with Gasteiger partial charge in [0.25, 0.3) is 0 Å². The number of anilines is 1. The Hall–Kier alpha value is -2.45. The fourth-order valence-electron chi connectivity index (χ4n) is 2.55. The van der Waals surface area contributed by atoms with Gasteiger partial charge in [0.05, 0.1) is 10.6 Å². The molecule has 8 heteroatoms. The van der Waals surface area contributed by atoms with Crippen molar-refractivity contribution in [3.63, 3.8) is 0 Å². The molecular formula is C16H17N3O4S. The number of amides is 2. The lowest BCUT2D eigenvalue weighted by Crippen LogP contribution is -2.29. The van der Waals surface area contributed by atoms with Gasteiger partial charge in [-0.1, -0.05) is 0 Å². The number of aromatic nitrogens is 1. The van der Waals surface area contributed by atoms with E-state index in [0.29, 0.717) is 12.2 Å². The Kier molecular flexibility index (Phi) is 4.50. The molecule has 24 heavy (non-hydrogen) atoms. The van der Waals surface area contributed by atoms with Crippen LogP contribution >= 0.6 is 0 Å². The molecule has 2 aromatic rings. The standard InChI is InChI=1S/C16H17N3O4S/c20-15-7-8-16(21)19(15)13-3-5-14(6-4-13)24(22,23)17-9-12-18-10-1-2-11-18/h1-6,10-11,17H,7-9,12H2. The van der Waals surface area contributed by atoms with Gasteiger partial charge in [0, 0.05) is 38.3 Å². The van der Waals surface area contributed by atoms with E-state index in [2.05, 4.69) is 4.72 Å². The summed E-state index contributed by atoms with van der Waals surface area (Å²) in [7, 11) is -3.63. The Morgan fingerprint density at radius 3 is 2.12 bits per heavy atom. The van der Waals surface area contributed by atoms with E-state index < -0.39 is 10.0 Å². The van der Waals surface area contributed by atoms with Gasteiger partial charge in [-0.05, 0) is 36.4 Å². The van der Waals surface area contributed by atoms with Gasteiger partial charge < -0.3 is 4.57 Å². The van der Waals surface area contributed by atoms with Crippen molar-refractivity contribution in [1.82, 2.24) is 9.29 Å². The first-order valence-corrected chi connectivity index (χ1v) is 9.02. The number of rotatable bonds is 6. The van der Waals surface area contributed by atoms with Crippen LogP contribution in [0.25, 0.3) is 0 Å². The second-order valence-electron chi connectivity index (χ2n) is 5.44. The van der Waals surface area contributed by atoms with E-state index in [0.717, 1.165) is 4.90 Å². The van der Waals surface area contributed by atoms with Gasteiger partial charge in [0.2, 0.25) is 21.8 Å². The Morgan fingerprint density at radius 1 is 0.958 bits per heavy atom. The average molecular weight is 347 g/mol. The lowest BCUT2D eigenvalue weighted by Gasteiger charge is -2.14. The molecule has 0 radical (unpaired) electrons. The minimum atomic E-state index is -3.63. The fourth-order valence-corrected chi connectivity index (χ4v) is 3.57. The highest BCUT2D eigenvalue weighted by molar-refractivity contribution is 7.89. The first kappa shape index (κ1) is 16.4. The van der Waals surface area contributed by atoms with Crippen molar-refractivity contribution in [2.45, 2.75) is 24.3 Å². The van der Waals surface area contributed by atoms with Gasteiger partial charge >= 0.3 is 0 Å². The monoisotopic (exact) mass is 347 g/mol. The molecule has 1 aliphatic rings. The molecule has 0 unspecified atom stereocenters. The number of hydrogen-bond acceptors (Lipinski definition) is 4. The first-order valence-electron chi connectivity index (χ1n) is 7.54. The summed E-state index contributed by atoms with van der Waals surface area (Å²) >= 11 is 0. The summed E-state index contributed by atoms with van der Waals surface area (Å²) in [5.74, 6) is -0.527. The normalized spacial score (nSPS) is 15.2. The number of benzene rings is 1. The summed E-state index contributed by atoms with van der Waals surface area (Å²) in [6.07, 6.45) is 4.10. The number of hydrogen-bond donors (Lipinski definition) is 1. The summed E-state index contributed by atoms with van der Waals surface area (Å²) < 4.78 is 28.9. The van der Waals surface area contributed by atoms with Crippen molar-refractivity contribution < 1.29 is 18.0 Å². The Morgan fingerprint density at radius 2 is 1.54 bits per heavy atom. The first-order chi connectivity index (χ1) is 11.5. The van der Waals surface area contributed by atoms with Crippen molar-refractivity contribution in [2.24, 2.45) is 0 Å². The summed E-state index contributed by atoms with van der Waals surface area (Å²) in [6, 6.07) is 9.48. The molecule has 0 bridgehead atoms. The fraction of sp³-hybridized carbons (Fsp3) is 0.250. The zero-order valence-corrected chi connectivity index (χ0v) is 13.7. The Bertz CT molecular complexity index is 826. The maximum atomic E-state index is 12.3. The van der Waals surface area contributed by atoms with E-state index in [1.54, 1.807) is 0 Å². The number of carbonyl (C=O) groups is 2. The molecule has 126 valence electrons. The maximum absolute atomic E-state index is 12.3. The number of nitrogens with one attached hydrogen (secondary N) is 1. The molecule has 1 aromatic heterocycles. The molecule has 0 saturated carbocycles. The molecule has 2 amide bonds.